The van der Waals surface area contributed by atoms with Gasteiger partial charge in [-0.3, -0.25) is 4.98 Å². The fourth-order valence-corrected chi connectivity index (χ4v) is 2.85. The van der Waals surface area contributed by atoms with Gasteiger partial charge < -0.3 is 4.74 Å². The molecule has 0 unspecified atom stereocenters. The lowest BCUT2D eigenvalue weighted by Crippen LogP contribution is -2.12. The number of hydrogen-bond acceptors (Lipinski definition) is 2. The van der Waals surface area contributed by atoms with Crippen molar-refractivity contribution >= 4 is 11.6 Å². The summed E-state index contributed by atoms with van der Waals surface area (Å²) in [6.45, 7) is 0.639. The average Bonchev–Trinajstić information content (AvgIpc) is 2.41. The fourth-order valence-electron chi connectivity index (χ4n) is 2.64. The Kier molecular flexibility index (Phi) is 5.21. The van der Waals surface area contributed by atoms with E-state index in [1.165, 1.54) is 31.4 Å². The minimum Gasteiger partial charge on any atom is -0.380 e. The zero-order chi connectivity index (χ0) is 12.8. The molecule has 0 aromatic carbocycles. The molecule has 1 saturated carbocycles. The van der Waals surface area contributed by atoms with E-state index >= 15 is 0 Å². The van der Waals surface area contributed by atoms with Gasteiger partial charge in [-0.2, -0.15) is 0 Å². The van der Waals surface area contributed by atoms with Crippen LogP contribution in [0, 0.1) is 5.92 Å². The summed E-state index contributed by atoms with van der Waals surface area (Å²) in [6.07, 6.45) is 8.91. The van der Waals surface area contributed by atoms with Crippen molar-refractivity contribution in [2.75, 3.05) is 7.11 Å². The third-order valence-corrected chi connectivity index (χ3v) is 3.84. The zero-order valence-electron chi connectivity index (χ0n) is 10.8. The van der Waals surface area contributed by atoms with Gasteiger partial charge in [0.15, 0.2) is 0 Å². The molecule has 0 spiro atoms. The van der Waals surface area contributed by atoms with Crippen molar-refractivity contribution in [1.82, 2.24) is 4.98 Å². The summed E-state index contributed by atoms with van der Waals surface area (Å²) < 4.78 is 5.09. The molecule has 0 amide bonds. The molecule has 1 aromatic heterocycles. The van der Waals surface area contributed by atoms with Crippen LogP contribution in [0.25, 0.3) is 0 Å². The van der Waals surface area contributed by atoms with Crippen LogP contribution in [0.4, 0.5) is 0 Å². The first-order chi connectivity index (χ1) is 8.83. The standard InChI is InChI=1S/C15H20ClNO/c1-18-11-13-4-7-15(17-10-13)14-5-2-12(3-6-14)8-9-16/h4,7-10,12,14H,2-3,5-6,11H2,1H3/b9-8+/t12-,14-. The molecule has 0 atom stereocenters. The molecule has 0 saturated heterocycles. The van der Waals surface area contributed by atoms with Crippen LogP contribution < -0.4 is 0 Å². The van der Waals surface area contributed by atoms with Gasteiger partial charge in [-0.15, -0.1) is 0 Å². The Bertz CT molecular complexity index is 380. The lowest BCUT2D eigenvalue weighted by atomic mass is 9.80. The molecule has 1 heterocycles. The average molecular weight is 266 g/mol. The second-order valence-corrected chi connectivity index (χ2v) is 5.21. The van der Waals surface area contributed by atoms with Crippen LogP contribution in [0.2, 0.25) is 0 Å². The summed E-state index contributed by atoms with van der Waals surface area (Å²) in [7, 11) is 1.71. The highest BCUT2D eigenvalue weighted by Gasteiger charge is 2.21. The maximum absolute atomic E-state index is 5.63. The molecule has 0 aliphatic heterocycles. The van der Waals surface area contributed by atoms with E-state index in [0.717, 1.165) is 5.56 Å². The van der Waals surface area contributed by atoms with Crippen molar-refractivity contribution in [3.8, 4) is 0 Å². The van der Waals surface area contributed by atoms with Gasteiger partial charge in [0.2, 0.25) is 0 Å². The zero-order valence-corrected chi connectivity index (χ0v) is 11.6. The van der Waals surface area contributed by atoms with Crippen molar-refractivity contribution in [3.63, 3.8) is 0 Å². The Hall–Kier alpha value is -0.860. The molecule has 0 radical (unpaired) electrons. The van der Waals surface area contributed by atoms with Crippen LogP contribution in [0.3, 0.4) is 0 Å². The normalized spacial score (nSPS) is 24.6. The van der Waals surface area contributed by atoms with Crippen LogP contribution >= 0.6 is 11.6 Å². The van der Waals surface area contributed by atoms with Gasteiger partial charge in [-0.05, 0) is 43.2 Å². The summed E-state index contributed by atoms with van der Waals surface area (Å²) >= 11 is 5.63. The van der Waals surface area contributed by atoms with E-state index in [1.54, 1.807) is 12.6 Å². The van der Waals surface area contributed by atoms with Crippen molar-refractivity contribution in [1.29, 1.82) is 0 Å². The number of nitrogens with zero attached hydrogens (tertiary/aromatic N) is 1. The van der Waals surface area contributed by atoms with E-state index in [0.29, 0.717) is 18.4 Å². The predicted molar refractivity (Wildman–Crippen MR) is 74.6 cm³/mol. The SMILES string of the molecule is COCc1ccc([C@H]2CC[C@H](/C=C/Cl)CC2)nc1. The Morgan fingerprint density at radius 2 is 2.11 bits per heavy atom. The van der Waals surface area contributed by atoms with Crippen LogP contribution in [-0.2, 0) is 11.3 Å². The number of pyridine rings is 1. The predicted octanol–water partition coefficient (Wildman–Crippen LogP) is 4.25. The number of aromatic nitrogens is 1. The van der Waals surface area contributed by atoms with Crippen molar-refractivity contribution in [3.05, 3.63) is 41.2 Å². The minimum absolute atomic E-state index is 0.613. The fraction of sp³-hybridized carbons (Fsp3) is 0.533. The molecule has 1 fully saturated rings. The third kappa shape index (κ3) is 3.56. The molecule has 1 aliphatic rings. The Balaban J connectivity index is 1.92. The number of methoxy groups -OCH3 is 1. The first-order valence-corrected chi connectivity index (χ1v) is 6.97. The van der Waals surface area contributed by atoms with Crippen LogP contribution in [0.1, 0.15) is 42.9 Å². The van der Waals surface area contributed by atoms with E-state index in [4.69, 9.17) is 16.3 Å². The second kappa shape index (κ2) is 6.91. The molecule has 18 heavy (non-hydrogen) atoms. The van der Waals surface area contributed by atoms with Gasteiger partial charge in [0.25, 0.3) is 0 Å². The molecule has 2 rings (SSSR count). The van der Waals surface area contributed by atoms with Gasteiger partial charge in [0, 0.05) is 30.5 Å². The summed E-state index contributed by atoms with van der Waals surface area (Å²) in [6, 6.07) is 4.27. The maximum Gasteiger partial charge on any atom is 0.0728 e. The molecule has 1 aromatic rings. The van der Waals surface area contributed by atoms with Gasteiger partial charge in [0.1, 0.15) is 0 Å². The molecule has 98 valence electrons. The van der Waals surface area contributed by atoms with E-state index in [1.807, 2.05) is 6.20 Å². The van der Waals surface area contributed by atoms with E-state index in [2.05, 4.69) is 23.2 Å². The van der Waals surface area contributed by atoms with Crippen LogP contribution in [0.5, 0.6) is 0 Å². The first kappa shape index (κ1) is 13.6. The molecule has 0 bridgehead atoms. The summed E-state index contributed by atoms with van der Waals surface area (Å²) in [5.74, 6) is 1.27. The lowest BCUT2D eigenvalue weighted by Gasteiger charge is -2.26. The monoisotopic (exact) mass is 265 g/mol. The van der Waals surface area contributed by atoms with E-state index in [-0.39, 0.29) is 0 Å². The van der Waals surface area contributed by atoms with Crippen LogP contribution in [-0.4, -0.2) is 12.1 Å². The number of rotatable bonds is 4. The largest absolute Gasteiger partial charge is 0.380 e. The highest BCUT2D eigenvalue weighted by atomic mass is 35.5. The highest BCUT2D eigenvalue weighted by Crippen LogP contribution is 2.35. The molecule has 3 heteroatoms. The Morgan fingerprint density at radius 1 is 1.33 bits per heavy atom. The molecular formula is C15H20ClNO. The maximum atomic E-state index is 5.63. The smallest absolute Gasteiger partial charge is 0.0728 e. The number of allylic oxidation sites excluding steroid dienone is 1. The topological polar surface area (TPSA) is 22.1 Å². The third-order valence-electron chi connectivity index (χ3n) is 3.69. The Labute approximate surface area is 114 Å². The van der Waals surface area contributed by atoms with E-state index in [9.17, 15) is 0 Å². The number of hydrogen-bond donors (Lipinski definition) is 0. The van der Waals surface area contributed by atoms with Gasteiger partial charge in [0.05, 0.1) is 6.61 Å². The first-order valence-electron chi connectivity index (χ1n) is 6.54. The highest BCUT2D eigenvalue weighted by molar-refractivity contribution is 6.25. The van der Waals surface area contributed by atoms with Crippen molar-refractivity contribution in [2.45, 2.75) is 38.2 Å². The van der Waals surface area contributed by atoms with Crippen molar-refractivity contribution < 1.29 is 4.74 Å². The quantitative estimate of drug-likeness (QED) is 0.812. The van der Waals surface area contributed by atoms with Gasteiger partial charge >= 0.3 is 0 Å². The van der Waals surface area contributed by atoms with Gasteiger partial charge in [-0.25, -0.2) is 0 Å². The second-order valence-electron chi connectivity index (χ2n) is 4.95. The summed E-state index contributed by atoms with van der Waals surface area (Å²) in [5.41, 5.74) is 4.02. The molecule has 0 N–H and O–H groups in total. The summed E-state index contributed by atoms with van der Waals surface area (Å²) in [5, 5.41) is 0. The minimum atomic E-state index is 0.613. The van der Waals surface area contributed by atoms with E-state index < -0.39 is 0 Å². The van der Waals surface area contributed by atoms with Crippen molar-refractivity contribution in [2.24, 2.45) is 5.92 Å². The van der Waals surface area contributed by atoms with Gasteiger partial charge in [-0.1, -0.05) is 23.7 Å². The lowest BCUT2D eigenvalue weighted by molar-refractivity contribution is 0.184. The Morgan fingerprint density at radius 3 is 2.67 bits per heavy atom. The van der Waals surface area contributed by atoms with Crippen LogP contribution in [0.15, 0.2) is 29.9 Å². The summed E-state index contributed by atoms with van der Waals surface area (Å²) in [4.78, 5) is 4.57. The number of ether oxygens (including phenoxy) is 1. The number of halogens is 1. The molecule has 1 aliphatic carbocycles. The molecular weight excluding hydrogens is 246 g/mol. The molecule has 2 nitrogen and oxygen atoms in total.